The summed E-state index contributed by atoms with van der Waals surface area (Å²) in [5.41, 5.74) is 2.20. The highest BCUT2D eigenvalue weighted by molar-refractivity contribution is 5.83. The van der Waals surface area contributed by atoms with E-state index in [0.717, 1.165) is 43.1 Å². The van der Waals surface area contributed by atoms with Gasteiger partial charge in [-0.3, -0.25) is 4.79 Å². The van der Waals surface area contributed by atoms with Crippen LogP contribution in [-0.4, -0.2) is 35.3 Å². The van der Waals surface area contributed by atoms with Crippen LogP contribution in [0.15, 0.2) is 53.3 Å². The molecule has 172 valence electrons. The molecule has 0 atom stereocenters. The molecule has 33 heavy (non-hydrogen) atoms. The zero-order chi connectivity index (χ0) is 22.6. The predicted octanol–water partition coefficient (Wildman–Crippen LogP) is 4.34. The number of ether oxygens (including phenoxy) is 2. The Bertz CT molecular complexity index is 1190. The van der Waals surface area contributed by atoms with Crippen LogP contribution in [0.2, 0.25) is 0 Å². The molecule has 1 fully saturated rings. The van der Waals surface area contributed by atoms with E-state index in [2.05, 4.69) is 22.4 Å². The van der Waals surface area contributed by atoms with Crippen LogP contribution in [0, 0.1) is 0 Å². The van der Waals surface area contributed by atoms with Gasteiger partial charge in [-0.05, 0) is 37.0 Å². The van der Waals surface area contributed by atoms with Crippen molar-refractivity contribution < 1.29 is 14.3 Å². The number of rotatable bonds is 6. The molecular formula is C26H29N3O4. The van der Waals surface area contributed by atoms with Gasteiger partial charge in [0, 0.05) is 29.6 Å². The van der Waals surface area contributed by atoms with Crippen molar-refractivity contribution in [3.63, 3.8) is 0 Å². The average Bonchev–Trinajstić information content (AvgIpc) is 3.29. The van der Waals surface area contributed by atoms with Gasteiger partial charge in [0.2, 0.25) is 6.79 Å². The van der Waals surface area contributed by atoms with Crippen molar-refractivity contribution in [2.24, 2.45) is 0 Å². The number of H-pyrrole nitrogens is 1. The first-order valence-corrected chi connectivity index (χ1v) is 11.7. The summed E-state index contributed by atoms with van der Waals surface area (Å²) in [5, 5.41) is 4.06. The van der Waals surface area contributed by atoms with Crippen LogP contribution in [0.4, 0.5) is 4.79 Å². The zero-order valence-electron chi connectivity index (χ0n) is 18.6. The highest BCUT2D eigenvalue weighted by Gasteiger charge is 2.22. The molecule has 0 spiro atoms. The monoisotopic (exact) mass is 447 g/mol. The molecule has 2 N–H and O–H groups in total. The summed E-state index contributed by atoms with van der Waals surface area (Å²) < 4.78 is 10.9. The van der Waals surface area contributed by atoms with Gasteiger partial charge in [-0.25, -0.2) is 4.79 Å². The number of aromatic amines is 1. The maximum absolute atomic E-state index is 13.2. The number of nitrogens with one attached hydrogen (secondary N) is 2. The lowest BCUT2D eigenvalue weighted by Gasteiger charge is -2.28. The van der Waals surface area contributed by atoms with E-state index in [1.807, 2.05) is 30.3 Å². The minimum atomic E-state index is -0.198. The second-order valence-corrected chi connectivity index (χ2v) is 8.86. The molecule has 1 aliphatic carbocycles. The fourth-order valence-corrected chi connectivity index (χ4v) is 4.64. The molecule has 2 aliphatic rings. The Morgan fingerprint density at radius 2 is 1.79 bits per heavy atom. The summed E-state index contributed by atoms with van der Waals surface area (Å²) in [6.07, 6.45) is 6.28. The third kappa shape index (κ3) is 4.97. The van der Waals surface area contributed by atoms with E-state index in [4.69, 9.17) is 9.47 Å². The van der Waals surface area contributed by atoms with E-state index in [9.17, 15) is 9.59 Å². The van der Waals surface area contributed by atoms with Crippen molar-refractivity contribution in [1.82, 2.24) is 15.2 Å². The number of hydrogen-bond acceptors (Lipinski definition) is 4. The Kier molecular flexibility index (Phi) is 6.19. The van der Waals surface area contributed by atoms with Crippen LogP contribution in [0.5, 0.6) is 11.5 Å². The number of urea groups is 1. The summed E-state index contributed by atoms with van der Waals surface area (Å²) in [4.78, 5) is 30.8. The first kappa shape index (κ1) is 21.4. The van der Waals surface area contributed by atoms with Crippen molar-refractivity contribution in [2.45, 2.75) is 51.1 Å². The zero-order valence-corrected chi connectivity index (χ0v) is 18.6. The fraction of sp³-hybridized carbons (Fsp3) is 0.385. The van der Waals surface area contributed by atoms with Crippen molar-refractivity contribution in [1.29, 1.82) is 0 Å². The molecule has 3 aromatic rings. The van der Waals surface area contributed by atoms with Gasteiger partial charge >= 0.3 is 6.03 Å². The van der Waals surface area contributed by atoms with E-state index in [1.54, 1.807) is 11.0 Å². The van der Waals surface area contributed by atoms with Crippen LogP contribution in [0.25, 0.3) is 10.9 Å². The number of pyridine rings is 1. The van der Waals surface area contributed by atoms with Gasteiger partial charge in [-0.1, -0.05) is 49.6 Å². The van der Waals surface area contributed by atoms with Crippen LogP contribution in [-0.2, 0) is 13.0 Å². The van der Waals surface area contributed by atoms with Crippen molar-refractivity contribution in [3.05, 3.63) is 70.0 Å². The number of nitrogens with zero attached hydrogens (tertiary/aromatic N) is 1. The number of aromatic nitrogens is 1. The lowest BCUT2D eigenvalue weighted by atomic mass is 9.96. The molecular weight excluding hydrogens is 418 g/mol. The molecule has 7 heteroatoms. The lowest BCUT2D eigenvalue weighted by molar-refractivity contribution is 0.174. The Morgan fingerprint density at radius 1 is 1.03 bits per heavy atom. The maximum atomic E-state index is 13.2. The Hall–Kier alpha value is -3.48. The van der Waals surface area contributed by atoms with Crippen LogP contribution in [0.3, 0.4) is 0 Å². The topological polar surface area (TPSA) is 83.7 Å². The Balaban J connectivity index is 1.38. The molecule has 0 bridgehead atoms. The normalized spacial score (nSPS) is 15.5. The van der Waals surface area contributed by atoms with Gasteiger partial charge in [-0.2, -0.15) is 0 Å². The molecule has 2 aromatic carbocycles. The molecule has 2 amide bonds. The van der Waals surface area contributed by atoms with Gasteiger partial charge in [0.15, 0.2) is 11.5 Å². The summed E-state index contributed by atoms with van der Waals surface area (Å²) in [5.74, 6) is 1.29. The van der Waals surface area contributed by atoms with E-state index in [1.165, 1.54) is 6.42 Å². The second-order valence-electron chi connectivity index (χ2n) is 8.86. The van der Waals surface area contributed by atoms with Crippen molar-refractivity contribution >= 4 is 16.9 Å². The van der Waals surface area contributed by atoms with E-state index in [0.29, 0.717) is 29.1 Å². The second kappa shape index (κ2) is 9.57. The summed E-state index contributed by atoms with van der Waals surface area (Å²) >= 11 is 0. The van der Waals surface area contributed by atoms with Crippen LogP contribution >= 0.6 is 0 Å². The standard InChI is InChI=1S/C26H29N3O4/c30-25-20(13-19-14-23-24(33-17-32-23)15-22(19)28-25)16-29(12-11-18-7-3-1-4-8-18)26(31)27-21-9-5-2-6-10-21/h1,3-4,7-8,13-15,21H,2,5-6,9-12,16-17H2,(H,27,31)(H,28,30). The van der Waals surface area contributed by atoms with Crippen molar-refractivity contribution in [2.75, 3.05) is 13.3 Å². The minimum absolute atomic E-state index is 0.108. The van der Waals surface area contributed by atoms with Gasteiger partial charge in [0.25, 0.3) is 5.56 Å². The molecule has 1 aromatic heterocycles. The quantitative estimate of drug-likeness (QED) is 0.589. The Labute approximate surface area is 192 Å². The van der Waals surface area contributed by atoms with Gasteiger partial charge in [0.1, 0.15) is 0 Å². The molecule has 1 aliphatic heterocycles. The Morgan fingerprint density at radius 3 is 2.58 bits per heavy atom. The number of hydrogen-bond donors (Lipinski definition) is 2. The predicted molar refractivity (Wildman–Crippen MR) is 127 cm³/mol. The molecule has 0 saturated heterocycles. The van der Waals surface area contributed by atoms with Gasteiger partial charge in [-0.15, -0.1) is 0 Å². The van der Waals surface area contributed by atoms with E-state index >= 15 is 0 Å². The molecule has 5 rings (SSSR count). The molecule has 2 heterocycles. The molecule has 7 nitrogen and oxygen atoms in total. The number of fused-ring (bicyclic) bond motifs is 2. The number of benzene rings is 2. The average molecular weight is 448 g/mol. The fourth-order valence-electron chi connectivity index (χ4n) is 4.64. The number of amides is 2. The smallest absolute Gasteiger partial charge is 0.317 e. The van der Waals surface area contributed by atoms with E-state index in [-0.39, 0.29) is 31.0 Å². The maximum Gasteiger partial charge on any atom is 0.317 e. The summed E-state index contributed by atoms with van der Waals surface area (Å²) in [7, 11) is 0. The van der Waals surface area contributed by atoms with Crippen LogP contribution < -0.4 is 20.3 Å². The summed E-state index contributed by atoms with van der Waals surface area (Å²) in [6, 6.07) is 15.7. The van der Waals surface area contributed by atoms with Gasteiger partial charge in [0.05, 0.1) is 12.1 Å². The third-order valence-electron chi connectivity index (χ3n) is 6.51. The number of carbonyl (C=O) groups excluding carboxylic acids is 1. The largest absolute Gasteiger partial charge is 0.454 e. The molecule has 0 radical (unpaired) electrons. The van der Waals surface area contributed by atoms with Gasteiger partial charge < -0.3 is 24.7 Å². The first-order valence-electron chi connectivity index (χ1n) is 11.7. The van der Waals surface area contributed by atoms with E-state index < -0.39 is 0 Å². The summed E-state index contributed by atoms with van der Waals surface area (Å²) in [6.45, 7) is 0.948. The SMILES string of the molecule is O=C(NC1CCCCC1)N(CCc1ccccc1)Cc1cc2cc3c(cc2[nH]c1=O)OCO3. The highest BCUT2D eigenvalue weighted by atomic mass is 16.7. The lowest BCUT2D eigenvalue weighted by Crippen LogP contribution is -2.46. The third-order valence-corrected chi connectivity index (χ3v) is 6.51. The highest BCUT2D eigenvalue weighted by Crippen LogP contribution is 2.35. The molecule has 1 saturated carbocycles. The van der Waals surface area contributed by atoms with Crippen molar-refractivity contribution in [3.8, 4) is 11.5 Å². The molecule has 0 unspecified atom stereocenters. The first-order chi connectivity index (χ1) is 16.2. The minimum Gasteiger partial charge on any atom is -0.454 e. The van der Waals surface area contributed by atoms with Crippen LogP contribution in [0.1, 0.15) is 43.2 Å². The number of carbonyl (C=O) groups is 1.